The van der Waals surface area contributed by atoms with Crippen molar-refractivity contribution in [3.05, 3.63) is 35.9 Å². The first-order valence-electron chi connectivity index (χ1n) is 8.03. The maximum Gasteiger partial charge on any atom is 0.331 e. The predicted molar refractivity (Wildman–Crippen MR) is 90.0 cm³/mol. The monoisotopic (exact) mass is 366 g/mol. The van der Waals surface area contributed by atoms with Gasteiger partial charge in [-0.3, -0.25) is 4.79 Å². The van der Waals surface area contributed by atoms with Crippen LogP contribution in [0, 0.1) is 0 Å². The second kappa shape index (κ2) is 8.79. The van der Waals surface area contributed by atoms with E-state index >= 15 is 0 Å². The van der Waals surface area contributed by atoms with Gasteiger partial charge in [-0.05, 0) is 30.7 Å². The third-order valence-electron chi connectivity index (χ3n) is 3.86. The lowest BCUT2D eigenvalue weighted by Crippen LogP contribution is -2.59. The molecule has 2 rings (SSSR count). The number of aliphatic hydroxyl groups is 2. The lowest BCUT2D eigenvalue weighted by molar-refractivity contribution is -0.284. The average Bonchev–Trinajstić information content (AvgIpc) is 2.61. The number of carbonyl (C=O) groups is 2. The summed E-state index contributed by atoms with van der Waals surface area (Å²) < 4.78 is 20.3. The van der Waals surface area contributed by atoms with Gasteiger partial charge in [-0.2, -0.15) is 0 Å². The highest BCUT2D eigenvalue weighted by molar-refractivity contribution is 5.87. The standard InChI is InChI=1S/C18H22O8/c1-10-15(21)16(17(18(22)24-10)25-11(2)19)26-14(20)9-6-12-4-7-13(23-3)8-5-12/h4-10,15-18,21-22H,1-3H3/t10-,15-,16+,17+,18+/m0/s1. The van der Waals surface area contributed by atoms with Gasteiger partial charge in [0, 0.05) is 13.0 Å². The average molecular weight is 366 g/mol. The molecule has 0 aromatic heterocycles. The fourth-order valence-corrected chi connectivity index (χ4v) is 2.51. The van der Waals surface area contributed by atoms with Crippen LogP contribution in [0.5, 0.6) is 5.75 Å². The van der Waals surface area contributed by atoms with Crippen LogP contribution in [0.2, 0.25) is 0 Å². The molecule has 8 nitrogen and oxygen atoms in total. The molecule has 0 saturated carbocycles. The van der Waals surface area contributed by atoms with Crippen molar-refractivity contribution in [3.8, 4) is 5.75 Å². The molecule has 1 aliphatic heterocycles. The lowest BCUT2D eigenvalue weighted by Gasteiger charge is -2.40. The quantitative estimate of drug-likeness (QED) is 0.577. The highest BCUT2D eigenvalue weighted by Gasteiger charge is 2.47. The number of hydrogen-bond acceptors (Lipinski definition) is 8. The highest BCUT2D eigenvalue weighted by atomic mass is 16.7. The second-order valence-corrected chi connectivity index (χ2v) is 5.80. The van der Waals surface area contributed by atoms with E-state index in [0.29, 0.717) is 5.75 Å². The van der Waals surface area contributed by atoms with Crippen molar-refractivity contribution in [1.29, 1.82) is 0 Å². The molecule has 0 radical (unpaired) electrons. The number of aliphatic hydroxyl groups excluding tert-OH is 2. The summed E-state index contributed by atoms with van der Waals surface area (Å²) >= 11 is 0. The van der Waals surface area contributed by atoms with Gasteiger partial charge in [-0.1, -0.05) is 12.1 Å². The molecule has 1 aromatic carbocycles. The summed E-state index contributed by atoms with van der Waals surface area (Å²) in [4.78, 5) is 23.3. The lowest BCUT2D eigenvalue weighted by atomic mass is 9.99. The van der Waals surface area contributed by atoms with E-state index in [1.807, 2.05) is 0 Å². The zero-order valence-electron chi connectivity index (χ0n) is 14.7. The summed E-state index contributed by atoms with van der Waals surface area (Å²) in [7, 11) is 1.55. The summed E-state index contributed by atoms with van der Waals surface area (Å²) in [5.74, 6) is -0.778. The predicted octanol–water partition coefficient (Wildman–Crippen LogP) is 0.650. The smallest absolute Gasteiger partial charge is 0.331 e. The molecule has 0 spiro atoms. The van der Waals surface area contributed by atoms with Gasteiger partial charge in [-0.15, -0.1) is 0 Å². The fourth-order valence-electron chi connectivity index (χ4n) is 2.51. The molecule has 26 heavy (non-hydrogen) atoms. The number of benzene rings is 1. The topological polar surface area (TPSA) is 112 Å². The Morgan fingerprint density at radius 2 is 1.77 bits per heavy atom. The summed E-state index contributed by atoms with van der Waals surface area (Å²) in [6, 6.07) is 6.98. The highest BCUT2D eigenvalue weighted by Crippen LogP contribution is 2.25. The third kappa shape index (κ3) is 5.04. The van der Waals surface area contributed by atoms with Crippen LogP contribution in [-0.4, -0.2) is 60.0 Å². The summed E-state index contributed by atoms with van der Waals surface area (Å²) in [5, 5.41) is 20.1. The summed E-state index contributed by atoms with van der Waals surface area (Å²) in [5.41, 5.74) is 0.736. The molecule has 5 atom stereocenters. The van der Waals surface area contributed by atoms with Crippen molar-refractivity contribution in [1.82, 2.24) is 0 Å². The van der Waals surface area contributed by atoms with Gasteiger partial charge in [0.2, 0.25) is 0 Å². The van der Waals surface area contributed by atoms with Gasteiger partial charge < -0.3 is 29.2 Å². The molecular weight excluding hydrogens is 344 g/mol. The first kappa shape index (κ1) is 19.9. The Labute approximate surface area is 150 Å². The Morgan fingerprint density at radius 1 is 1.12 bits per heavy atom. The molecule has 0 amide bonds. The second-order valence-electron chi connectivity index (χ2n) is 5.80. The number of esters is 2. The van der Waals surface area contributed by atoms with E-state index in [4.69, 9.17) is 18.9 Å². The number of ether oxygens (including phenoxy) is 4. The first-order chi connectivity index (χ1) is 12.3. The van der Waals surface area contributed by atoms with E-state index in [0.717, 1.165) is 12.5 Å². The van der Waals surface area contributed by atoms with Crippen LogP contribution >= 0.6 is 0 Å². The zero-order valence-corrected chi connectivity index (χ0v) is 14.7. The Bertz CT molecular complexity index is 654. The Morgan fingerprint density at radius 3 is 2.35 bits per heavy atom. The molecule has 142 valence electrons. The van der Waals surface area contributed by atoms with Crippen molar-refractivity contribution in [2.75, 3.05) is 7.11 Å². The number of hydrogen-bond donors (Lipinski definition) is 2. The number of rotatable bonds is 5. The van der Waals surface area contributed by atoms with Crippen LogP contribution in [0.1, 0.15) is 19.4 Å². The van der Waals surface area contributed by atoms with Gasteiger partial charge >= 0.3 is 11.9 Å². The zero-order chi connectivity index (χ0) is 19.3. The van der Waals surface area contributed by atoms with Crippen LogP contribution in [-0.2, 0) is 23.8 Å². The summed E-state index contributed by atoms with van der Waals surface area (Å²) in [6.45, 7) is 2.64. The minimum Gasteiger partial charge on any atom is -0.497 e. The largest absolute Gasteiger partial charge is 0.497 e. The van der Waals surface area contributed by atoms with Crippen LogP contribution in [0.25, 0.3) is 6.08 Å². The molecule has 1 aliphatic rings. The molecule has 8 heteroatoms. The molecule has 2 N–H and O–H groups in total. The van der Waals surface area contributed by atoms with E-state index < -0.39 is 42.6 Å². The molecular formula is C18H22O8. The first-order valence-corrected chi connectivity index (χ1v) is 8.03. The van der Waals surface area contributed by atoms with E-state index in [2.05, 4.69) is 0 Å². The molecule has 1 heterocycles. The molecule has 0 aliphatic carbocycles. The number of methoxy groups -OCH3 is 1. The van der Waals surface area contributed by atoms with Crippen LogP contribution in [0.3, 0.4) is 0 Å². The Balaban J connectivity index is 2.07. The van der Waals surface area contributed by atoms with Crippen molar-refractivity contribution in [2.45, 2.75) is 44.6 Å². The molecule has 0 bridgehead atoms. The van der Waals surface area contributed by atoms with Crippen LogP contribution in [0.4, 0.5) is 0 Å². The van der Waals surface area contributed by atoms with Gasteiger partial charge in [0.15, 0.2) is 18.5 Å². The number of carbonyl (C=O) groups excluding carboxylic acids is 2. The van der Waals surface area contributed by atoms with E-state index in [1.165, 1.54) is 19.1 Å². The van der Waals surface area contributed by atoms with Crippen molar-refractivity contribution in [3.63, 3.8) is 0 Å². The van der Waals surface area contributed by atoms with Gasteiger partial charge in [0.25, 0.3) is 0 Å². The van der Waals surface area contributed by atoms with Crippen LogP contribution in [0.15, 0.2) is 30.3 Å². The van der Waals surface area contributed by atoms with Gasteiger partial charge in [0.05, 0.1) is 13.2 Å². The maximum atomic E-state index is 12.1. The van der Waals surface area contributed by atoms with Crippen molar-refractivity contribution in [2.24, 2.45) is 0 Å². The normalized spacial score (nSPS) is 28.6. The minimum atomic E-state index is -1.51. The minimum absolute atomic E-state index is 0.683. The molecule has 1 saturated heterocycles. The fraction of sp³-hybridized carbons (Fsp3) is 0.444. The molecule has 1 aromatic rings. The van der Waals surface area contributed by atoms with Gasteiger partial charge in [-0.25, -0.2) is 4.79 Å². The van der Waals surface area contributed by atoms with E-state index in [1.54, 1.807) is 31.4 Å². The van der Waals surface area contributed by atoms with Crippen molar-refractivity contribution >= 4 is 18.0 Å². The van der Waals surface area contributed by atoms with Crippen LogP contribution < -0.4 is 4.74 Å². The Hall–Kier alpha value is -2.42. The Kier molecular flexibility index (Phi) is 6.73. The van der Waals surface area contributed by atoms with E-state index in [-0.39, 0.29) is 0 Å². The molecule has 1 fully saturated rings. The maximum absolute atomic E-state index is 12.1. The molecule has 0 unspecified atom stereocenters. The summed E-state index contributed by atoms with van der Waals surface area (Å²) in [6.07, 6.45) is -3.47. The van der Waals surface area contributed by atoms with Gasteiger partial charge in [0.1, 0.15) is 11.9 Å². The van der Waals surface area contributed by atoms with E-state index in [9.17, 15) is 19.8 Å². The van der Waals surface area contributed by atoms with Crippen molar-refractivity contribution < 1.29 is 38.7 Å². The third-order valence-corrected chi connectivity index (χ3v) is 3.86. The SMILES string of the molecule is COc1ccc(C=CC(=O)O[C@@H]2[C@@H](O)[C@H](C)O[C@@H](O)[C@@H]2OC(C)=O)cc1.